The Morgan fingerprint density at radius 2 is 2.17 bits per heavy atom. The third-order valence-electron chi connectivity index (χ3n) is 4.44. The minimum absolute atomic E-state index is 0.0360. The minimum atomic E-state index is -0.433. The number of carbonyl (C=O) groups is 1. The summed E-state index contributed by atoms with van der Waals surface area (Å²) < 4.78 is 20.9. The molecule has 0 saturated heterocycles. The molecule has 0 unspecified atom stereocenters. The molecule has 0 N–H and O–H groups in total. The fourth-order valence-corrected chi connectivity index (χ4v) is 3.29. The summed E-state index contributed by atoms with van der Waals surface area (Å²) in [6, 6.07) is 8.87. The van der Waals surface area contributed by atoms with Crippen LogP contribution < -0.4 is 4.74 Å². The topological polar surface area (TPSA) is 34.5 Å². The number of rotatable bonds is 4. The van der Waals surface area contributed by atoms with Crippen molar-refractivity contribution in [2.45, 2.75) is 32.4 Å². The number of benzene rings is 1. The lowest BCUT2D eigenvalue weighted by Gasteiger charge is -2.36. The number of methoxy groups -OCH3 is 1. The van der Waals surface area contributed by atoms with Crippen molar-refractivity contribution in [3.8, 4) is 5.75 Å². The first-order valence-corrected chi connectivity index (χ1v) is 7.91. The lowest BCUT2D eigenvalue weighted by atomic mass is 10.0. The van der Waals surface area contributed by atoms with E-state index in [0.717, 1.165) is 13.0 Å². The van der Waals surface area contributed by atoms with E-state index in [2.05, 4.69) is 23.8 Å². The van der Waals surface area contributed by atoms with Crippen molar-refractivity contribution in [2.24, 2.45) is 0 Å². The van der Waals surface area contributed by atoms with E-state index in [-0.39, 0.29) is 24.1 Å². The van der Waals surface area contributed by atoms with Crippen molar-refractivity contribution in [2.75, 3.05) is 13.7 Å². The van der Waals surface area contributed by atoms with Crippen molar-refractivity contribution in [1.29, 1.82) is 0 Å². The first-order chi connectivity index (χ1) is 11.1. The molecule has 2 aromatic rings. The number of fused-ring (bicyclic) bond motifs is 1. The molecule has 1 aliphatic rings. The number of carbonyl (C=O) groups excluding carboxylic acids is 1. The average Bonchev–Trinajstić information content (AvgIpc) is 3.02. The van der Waals surface area contributed by atoms with Crippen molar-refractivity contribution in [3.05, 3.63) is 53.6 Å². The quantitative estimate of drug-likeness (QED) is 0.868. The van der Waals surface area contributed by atoms with Gasteiger partial charge in [0, 0.05) is 25.0 Å². The molecule has 23 heavy (non-hydrogen) atoms. The SMILES string of the molecule is CC[C@@H]1c2cccn2CCN1C(=O)Cc1ccc(OC)c(F)c1. The van der Waals surface area contributed by atoms with Gasteiger partial charge in [-0.2, -0.15) is 0 Å². The van der Waals surface area contributed by atoms with Gasteiger partial charge in [0.15, 0.2) is 11.6 Å². The van der Waals surface area contributed by atoms with Gasteiger partial charge in [0.1, 0.15) is 0 Å². The summed E-state index contributed by atoms with van der Waals surface area (Å²) in [6.45, 7) is 3.58. The molecule has 0 bridgehead atoms. The zero-order chi connectivity index (χ0) is 16.4. The Bertz CT molecular complexity index is 711. The Hall–Kier alpha value is -2.30. The van der Waals surface area contributed by atoms with Crippen molar-refractivity contribution in [1.82, 2.24) is 9.47 Å². The third kappa shape index (κ3) is 2.96. The second-order valence-electron chi connectivity index (χ2n) is 5.78. The van der Waals surface area contributed by atoms with Gasteiger partial charge in [0.2, 0.25) is 5.91 Å². The molecule has 0 fully saturated rings. The second-order valence-corrected chi connectivity index (χ2v) is 5.78. The van der Waals surface area contributed by atoms with Crippen LogP contribution in [0.25, 0.3) is 0 Å². The maximum Gasteiger partial charge on any atom is 0.227 e. The van der Waals surface area contributed by atoms with E-state index in [4.69, 9.17) is 4.74 Å². The van der Waals surface area contributed by atoms with E-state index < -0.39 is 5.82 Å². The highest BCUT2D eigenvalue weighted by Gasteiger charge is 2.29. The van der Waals surface area contributed by atoms with Crippen molar-refractivity contribution in [3.63, 3.8) is 0 Å². The van der Waals surface area contributed by atoms with E-state index in [1.165, 1.54) is 18.9 Å². The molecule has 0 aliphatic carbocycles. The van der Waals surface area contributed by atoms with Crippen molar-refractivity contribution >= 4 is 5.91 Å². The lowest BCUT2D eigenvalue weighted by molar-refractivity contribution is -0.134. The van der Waals surface area contributed by atoms with E-state index in [1.54, 1.807) is 12.1 Å². The van der Waals surface area contributed by atoms with E-state index in [1.807, 2.05) is 11.0 Å². The second kappa shape index (κ2) is 6.44. The van der Waals surface area contributed by atoms with Gasteiger partial charge in [0.25, 0.3) is 0 Å². The van der Waals surface area contributed by atoms with Gasteiger partial charge in [-0.1, -0.05) is 13.0 Å². The number of ether oxygens (including phenoxy) is 1. The van der Waals surface area contributed by atoms with Crippen LogP contribution in [-0.4, -0.2) is 29.0 Å². The molecule has 2 heterocycles. The van der Waals surface area contributed by atoms with E-state index in [0.29, 0.717) is 12.1 Å². The van der Waals surface area contributed by atoms with Crippen LogP contribution in [0.1, 0.15) is 30.6 Å². The summed E-state index contributed by atoms with van der Waals surface area (Å²) in [4.78, 5) is 14.6. The first-order valence-electron chi connectivity index (χ1n) is 7.91. The molecule has 1 aromatic heterocycles. The Kier molecular flexibility index (Phi) is 4.37. The molecule has 1 aromatic carbocycles. The lowest BCUT2D eigenvalue weighted by Crippen LogP contribution is -2.42. The zero-order valence-corrected chi connectivity index (χ0v) is 13.5. The molecule has 5 heteroatoms. The van der Waals surface area contributed by atoms with Crippen LogP contribution in [0.5, 0.6) is 5.75 Å². The average molecular weight is 316 g/mol. The summed E-state index contributed by atoms with van der Waals surface area (Å²) in [7, 11) is 1.43. The highest BCUT2D eigenvalue weighted by atomic mass is 19.1. The van der Waals surface area contributed by atoms with Gasteiger partial charge in [-0.15, -0.1) is 0 Å². The van der Waals surface area contributed by atoms with E-state index >= 15 is 0 Å². The maximum absolute atomic E-state index is 13.8. The van der Waals surface area contributed by atoms with Crippen LogP contribution in [0.15, 0.2) is 36.5 Å². The maximum atomic E-state index is 13.8. The summed E-state index contributed by atoms with van der Waals surface area (Å²) >= 11 is 0. The monoisotopic (exact) mass is 316 g/mol. The molecular weight excluding hydrogens is 295 g/mol. The molecule has 1 atom stereocenters. The Morgan fingerprint density at radius 3 is 2.87 bits per heavy atom. The highest BCUT2D eigenvalue weighted by Crippen LogP contribution is 2.29. The number of aromatic nitrogens is 1. The van der Waals surface area contributed by atoms with Crippen LogP contribution in [0.3, 0.4) is 0 Å². The number of amides is 1. The predicted octanol–water partition coefficient (Wildman–Crippen LogP) is 3.17. The normalized spacial score (nSPS) is 17.0. The number of hydrogen-bond acceptors (Lipinski definition) is 2. The summed E-state index contributed by atoms with van der Waals surface area (Å²) in [5.41, 5.74) is 1.84. The first kappa shape index (κ1) is 15.6. The van der Waals surface area contributed by atoms with Crippen LogP contribution in [0, 0.1) is 5.82 Å². The molecule has 0 spiro atoms. The molecule has 122 valence electrons. The zero-order valence-electron chi connectivity index (χ0n) is 13.5. The van der Waals surface area contributed by atoms with Crippen LogP contribution in [0.4, 0.5) is 4.39 Å². The summed E-state index contributed by atoms with van der Waals surface area (Å²) in [6.07, 6.45) is 3.13. The minimum Gasteiger partial charge on any atom is -0.494 e. The molecule has 4 nitrogen and oxygen atoms in total. The van der Waals surface area contributed by atoms with Crippen LogP contribution >= 0.6 is 0 Å². The standard InChI is InChI=1S/C18H21FN2O2/c1-3-15-16-5-4-8-20(16)9-10-21(15)18(22)12-13-6-7-17(23-2)14(19)11-13/h4-8,11,15H,3,9-10,12H2,1-2H3/t15-/m1/s1. The molecule has 1 aliphatic heterocycles. The van der Waals surface area contributed by atoms with Crippen LogP contribution in [0.2, 0.25) is 0 Å². The van der Waals surface area contributed by atoms with Crippen LogP contribution in [-0.2, 0) is 17.8 Å². The number of halogens is 1. The van der Waals surface area contributed by atoms with Gasteiger partial charge < -0.3 is 14.2 Å². The van der Waals surface area contributed by atoms with Gasteiger partial charge in [-0.3, -0.25) is 4.79 Å². The van der Waals surface area contributed by atoms with Gasteiger partial charge in [-0.05, 0) is 36.2 Å². The van der Waals surface area contributed by atoms with Gasteiger partial charge >= 0.3 is 0 Å². The number of hydrogen-bond donors (Lipinski definition) is 0. The van der Waals surface area contributed by atoms with E-state index in [9.17, 15) is 9.18 Å². The smallest absolute Gasteiger partial charge is 0.227 e. The Labute approximate surface area is 135 Å². The molecule has 1 amide bonds. The fraction of sp³-hybridized carbons (Fsp3) is 0.389. The molecule has 3 rings (SSSR count). The Balaban J connectivity index is 1.77. The fourth-order valence-electron chi connectivity index (χ4n) is 3.29. The predicted molar refractivity (Wildman–Crippen MR) is 85.8 cm³/mol. The summed E-state index contributed by atoms with van der Waals surface area (Å²) in [5.74, 6) is -0.199. The molecule has 0 radical (unpaired) electrons. The van der Waals surface area contributed by atoms with Gasteiger partial charge in [0.05, 0.1) is 19.6 Å². The molecular formula is C18H21FN2O2. The van der Waals surface area contributed by atoms with Crippen molar-refractivity contribution < 1.29 is 13.9 Å². The molecule has 0 saturated carbocycles. The Morgan fingerprint density at radius 1 is 1.35 bits per heavy atom. The highest BCUT2D eigenvalue weighted by molar-refractivity contribution is 5.79. The third-order valence-corrected chi connectivity index (χ3v) is 4.44. The largest absolute Gasteiger partial charge is 0.494 e. The number of nitrogens with zero attached hydrogens (tertiary/aromatic N) is 2. The summed E-state index contributed by atoms with van der Waals surface area (Å²) in [5, 5.41) is 0. The van der Waals surface area contributed by atoms with Gasteiger partial charge in [-0.25, -0.2) is 4.39 Å².